The van der Waals surface area contributed by atoms with Crippen molar-refractivity contribution in [3.63, 3.8) is 0 Å². The fraction of sp³-hybridized carbons (Fsp3) is 0.750. The number of imidazole rings is 1. The van der Waals surface area contributed by atoms with E-state index in [1.54, 1.807) is 43.5 Å². The van der Waals surface area contributed by atoms with Gasteiger partial charge in [0.2, 0.25) is 5.91 Å². The maximum absolute atomic E-state index is 14.2. The summed E-state index contributed by atoms with van der Waals surface area (Å²) in [5, 5.41) is 2.78. The Hall–Kier alpha value is -1.81. The Morgan fingerprint density at radius 1 is 1.11 bits per heavy atom. The van der Waals surface area contributed by atoms with E-state index in [2.05, 4.69) is 29.7 Å². The van der Waals surface area contributed by atoms with Crippen LogP contribution in [0.25, 0.3) is 11.0 Å². The molecule has 2 N–H and O–H groups in total. The van der Waals surface area contributed by atoms with Crippen molar-refractivity contribution in [3.8, 4) is 0 Å². The van der Waals surface area contributed by atoms with Gasteiger partial charge in [-0.15, -0.1) is 4.72 Å². The summed E-state index contributed by atoms with van der Waals surface area (Å²) in [5.74, 6) is -2.24. The normalized spacial score (nSPS) is 17.9. The van der Waals surface area contributed by atoms with Crippen LogP contribution < -0.4 is 10.0 Å². The Morgan fingerprint density at radius 2 is 1.72 bits per heavy atom. The average Bonchev–Trinajstić information content (AvgIpc) is 3.67. The molecule has 7 nitrogen and oxygen atoms in total. The lowest BCUT2D eigenvalue weighted by Gasteiger charge is -2.34. The van der Waals surface area contributed by atoms with Crippen molar-refractivity contribution in [1.82, 2.24) is 19.6 Å². The Balaban J connectivity index is 2.07. The third kappa shape index (κ3) is 11.1. The summed E-state index contributed by atoms with van der Waals surface area (Å²) in [6.45, 7) is 15.4. The number of rotatable bonds is 15. The monoisotopic (exact) mass is 712 g/mol. The Morgan fingerprint density at radius 3 is 2.23 bits per heavy atom. The average molecular weight is 713 g/mol. The van der Waals surface area contributed by atoms with Gasteiger partial charge in [0.15, 0.2) is 0 Å². The van der Waals surface area contributed by atoms with Crippen LogP contribution in [0.4, 0.5) is 26.3 Å². The number of nitrogens with zero attached hydrogens (tertiary/aromatic N) is 2. The van der Waals surface area contributed by atoms with Gasteiger partial charge in [-0.1, -0.05) is 46.5 Å². The van der Waals surface area contributed by atoms with Crippen molar-refractivity contribution in [2.45, 2.75) is 129 Å². The van der Waals surface area contributed by atoms with Gasteiger partial charge in [0.25, 0.3) is 0 Å². The van der Waals surface area contributed by atoms with Crippen LogP contribution in [-0.2, 0) is 27.6 Å². The molecule has 2 aromatic rings. The number of hydrogen-bond donors (Lipinski definition) is 2. The second-order valence-corrected chi connectivity index (χ2v) is 23.3. The predicted octanol–water partition coefficient (Wildman–Crippen LogP) is 8.58. The zero-order valence-corrected chi connectivity index (χ0v) is 30.6. The molecule has 0 aliphatic heterocycles. The molecule has 1 saturated carbocycles. The van der Waals surface area contributed by atoms with Gasteiger partial charge in [0, 0.05) is 32.5 Å². The molecule has 0 bridgehead atoms. The lowest BCUT2D eigenvalue weighted by Crippen LogP contribution is -2.45. The van der Waals surface area contributed by atoms with Crippen molar-refractivity contribution in [1.29, 1.82) is 0 Å². The zero-order chi connectivity index (χ0) is 35.8. The molecule has 1 aromatic heterocycles. The van der Waals surface area contributed by atoms with Crippen molar-refractivity contribution < 1.29 is 40.4 Å². The third-order valence-electron chi connectivity index (χ3n) is 8.44. The number of ether oxygens (including phenoxy) is 1. The number of alkyl halides is 6. The highest BCUT2D eigenvalue weighted by Gasteiger charge is 2.50. The first-order valence-electron chi connectivity index (χ1n) is 16.0. The highest BCUT2D eigenvalue weighted by atomic mass is 32.2. The van der Waals surface area contributed by atoms with Crippen LogP contribution in [-0.4, -0.2) is 51.8 Å². The Bertz CT molecular complexity index is 1370. The van der Waals surface area contributed by atoms with Gasteiger partial charge in [0.1, 0.15) is 23.3 Å². The molecule has 1 fully saturated rings. The van der Waals surface area contributed by atoms with Gasteiger partial charge < -0.3 is 19.2 Å². The summed E-state index contributed by atoms with van der Waals surface area (Å²) >= 11 is -1.74. The number of aromatic nitrogens is 2. The van der Waals surface area contributed by atoms with Gasteiger partial charge in [0.05, 0.1) is 28.4 Å². The van der Waals surface area contributed by atoms with Gasteiger partial charge >= 0.3 is 12.4 Å². The molecule has 15 heteroatoms. The minimum atomic E-state index is -4.55. The quantitative estimate of drug-likeness (QED) is 0.0836. The summed E-state index contributed by atoms with van der Waals surface area (Å²) in [4.78, 5) is 17.5. The van der Waals surface area contributed by atoms with Crippen LogP contribution in [0.5, 0.6) is 0 Å². The molecule has 1 amide bonds. The Labute approximate surface area is 278 Å². The van der Waals surface area contributed by atoms with E-state index >= 15 is 0 Å². The molecule has 0 saturated heterocycles. The van der Waals surface area contributed by atoms with E-state index in [1.807, 2.05) is 0 Å². The first-order chi connectivity index (χ1) is 21.3. The lowest BCUT2D eigenvalue weighted by atomic mass is 9.85. The number of nitrogens with one attached hydrogen (secondary N) is 2. The number of carbonyl (C=O) groups excluding carboxylic acids is 1. The van der Waals surface area contributed by atoms with Crippen LogP contribution in [0.15, 0.2) is 18.2 Å². The molecule has 3 rings (SSSR count). The minimum absolute atomic E-state index is 0.000555. The SMILES string of the molecule is CC(CC(=O)N[C@@H](c1ccc2c(c1)nc([C@H](CC(C)(C)C(F)(F)F)N[S+]([O-])C(C)(C)C)n2COCC[Si](C)(C)C)C1CC1)C(F)(F)F. The van der Waals surface area contributed by atoms with E-state index < -0.39 is 78.7 Å². The van der Waals surface area contributed by atoms with E-state index in [9.17, 15) is 35.7 Å². The second-order valence-electron chi connectivity index (χ2n) is 15.7. The number of amides is 1. The van der Waals surface area contributed by atoms with Crippen molar-refractivity contribution in [3.05, 3.63) is 29.6 Å². The number of carbonyl (C=O) groups is 1. The van der Waals surface area contributed by atoms with E-state index in [0.29, 0.717) is 23.2 Å². The smallest absolute Gasteiger partial charge is 0.394 e. The van der Waals surface area contributed by atoms with Crippen molar-refractivity contribution in [2.75, 3.05) is 6.61 Å². The number of halogens is 6. The molecule has 1 heterocycles. The maximum atomic E-state index is 14.2. The molecule has 268 valence electrons. The fourth-order valence-electron chi connectivity index (χ4n) is 4.94. The van der Waals surface area contributed by atoms with Crippen LogP contribution in [0.2, 0.25) is 25.7 Å². The summed E-state index contributed by atoms with van der Waals surface area (Å²) < 4.78 is 105. The molecule has 1 aromatic carbocycles. The largest absolute Gasteiger partial charge is 0.598 e. The summed E-state index contributed by atoms with van der Waals surface area (Å²) in [7, 11) is -1.45. The maximum Gasteiger partial charge on any atom is 0.394 e. The Kier molecular flexibility index (Phi) is 12.3. The van der Waals surface area contributed by atoms with Crippen LogP contribution in [0.3, 0.4) is 0 Å². The van der Waals surface area contributed by atoms with Crippen molar-refractivity contribution >= 4 is 36.4 Å². The van der Waals surface area contributed by atoms with Crippen LogP contribution in [0.1, 0.15) is 90.7 Å². The van der Waals surface area contributed by atoms with E-state index in [4.69, 9.17) is 9.72 Å². The molecule has 47 heavy (non-hydrogen) atoms. The van der Waals surface area contributed by atoms with Crippen LogP contribution in [0, 0.1) is 17.3 Å². The lowest BCUT2D eigenvalue weighted by molar-refractivity contribution is -0.215. The molecular formula is C32H50F6N4O3SSi. The second kappa shape index (κ2) is 14.6. The number of fused-ring (bicyclic) bond motifs is 1. The molecule has 2 unspecified atom stereocenters. The molecule has 1 aliphatic carbocycles. The van der Waals surface area contributed by atoms with Gasteiger partial charge in [-0.05, 0) is 69.7 Å². The summed E-state index contributed by atoms with van der Waals surface area (Å²) in [5.41, 5.74) is -0.522. The van der Waals surface area contributed by atoms with E-state index in [-0.39, 0.29) is 18.5 Å². The highest BCUT2D eigenvalue weighted by Crippen LogP contribution is 2.45. The highest BCUT2D eigenvalue weighted by molar-refractivity contribution is 7.90. The minimum Gasteiger partial charge on any atom is -0.598 e. The van der Waals surface area contributed by atoms with E-state index in [0.717, 1.165) is 39.7 Å². The number of benzene rings is 1. The molecule has 0 radical (unpaired) electrons. The summed E-state index contributed by atoms with van der Waals surface area (Å²) in [6.07, 6.45) is -8.61. The van der Waals surface area contributed by atoms with Gasteiger partial charge in [-0.25, -0.2) is 4.98 Å². The fourth-order valence-corrected chi connectivity index (χ4v) is 6.50. The summed E-state index contributed by atoms with van der Waals surface area (Å²) in [6, 6.07) is 4.48. The van der Waals surface area contributed by atoms with E-state index in [1.165, 1.54) is 0 Å². The predicted molar refractivity (Wildman–Crippen MR) is 176 cm³/mol. The van der Waals surface area contributed by atoms with Gasteiger partial charge in [-0.3, -0.25) is 4.79 Å². The van der Waals surface area contributed by atoms with Crippen LogP contribution >= 0.6 is 0 Å². The first kappa shape index (κ1) is 39.6. The zero-order valence-electron chi connectivity index (χ0n) is 28.8. The topological polar surface area (TPSA) is 91.2 Å². The molecule has 4 atom stereocenters. The number of hydrogen-bond acceptors (Lipinski definition) is 5. The molecule has 1 aliphatic rings. The van der Waals surface area contributed by atoms with Gasteiger partial charge in [-0.2, -0.15) is 26.3 Å². The molecular weight excluding hydrogens is 663 g/mol. The first-order valence-corrected chi connectivity index (χ1v) is 20.8. The third-order valence-corrected chi connectivity index (χ3v) is 11.8. The molecule has 0 spiro atoms. The standard InChI is InChI=1S/C32H50F6N4O3SSi/c1-20(31(33,34)35)16-26(43)40-27(21-10-11-21)22-12-13-25-23(17-22)39-28(42(25)19-45-14-15-47(7,8)9)24(41-46(44)29(2,3)4)18-30(5,6)32(36,37)38/h12-13,17,20-21,24,27,41H,10-11,14-16,18-19H2,1-9H3,(H,40,43)/t20?,24-,27+,46?/m0/s1. The van der Waals surface area contributed by atoms with Crippen molar-refractivity contribution in [2.24, 2.45) is 17.3 Å².